The van der Waals surface area contributed by atoms with E-state index in [1.54, 1.807) is 41.8 Å². The molecule has 2 heterocycles. The van der Waals surface area contributed by atoms with E-state index in [1.165, 1.54) is 17.0 Å². The Kier molecular flexibility index (Phi) is 12.3. The Labute approximate surface area is 271 Å². The van der Waals surface area contributed by atoms with Crippen molar-refractivity contribution in [1.82, 2.24) is 24.9 Å². The van der Waals surface area contributed by atoms with Gasteiger partial charge in [-0.1, -0.05) is 58.9 Å². The van der Waals surface area contributed by atoms with E-state index < -0.39 is 29.7 Å². The lowest BCUT2D eigenvalue weighted by Crippen LogP contribution is -2.55. The number of likely N-dealkylation sites (N-methyl/N-ethyl adjacent to an activating group) is 1. The van der Waals surface area contributed by atoms with Crippen molar-refractivity contribution in [3.8, 4) is 0 Å². The van der Waals surface area contributed by atoms with Crippen molar-refractivity contribution >= 4 is 35.6 Å². The van der Waals surface area contributed by atoms with E-state index in [1.807, 2.05) is 20.9 Å². The molecule has 252 valence electrons. The van der Waals surface area contributed by atoms with E-state index in [2.05, 4.69) is 20.6 Å². The molecule has 2 N–H and O–H groups in total. The first-order valence-electron chi connectivity index (χ1n) is 16.7. The number of hydrogen-bond donors (Lipinski definition) is 2. The van der Waals surface area contributed by atoms with Crippen LogP contribution in [0.25, 0.3) is 0 Å². The van der Waals surface area contributed by atoms with Gasteiger partial charge in [0.05, 0.1) is 11.9 Å². The minimum Gasteiger partial charge on any atom is -0.344 e. The maximum Gasteiger partial charge on any atom is 0.247 e. The Hall–Kier alpha value is -3.80. The largest absolute Gasteiger partial charge is 0.344 e. The number of benzene rings is 1. The van der Waals surface area contributed by atoms with Crippen molar-refractivity contribution in [2.24, 2.45) is 11.8 Å². The van der Waals surface area contributed by atoms with Gasteiger partial charge in [-0.15, -0.1) is 0 Å². The maximum absolute atomic E-state index is 15.8. The molecule has 46 heavy (non-hydrogen) atoms. The molecule has 2 fully saturated rings. The zero-order valence-electron chi connectivity index (χ0n) is 27.9. The number of aromatic nitrogens is 2. The van der Waals surface area contributed by atoms with Gasteiger partial charge < -0.3 is 20.4 Å². The number of nitrogens with one attached hydrogen (secondary N) is 2. The summed E-state index contributed by atoms with van der Waals surface area (Å²) in [6.07, 6.45) is 7.71. The first-order chi connectivity index (χ1) is 22.1. The van der Waals surface area contributed by atoms with Crippen LogP contribution in [0, 0.1) is 17.7 Å². The van der Waals surface area contributed by atoms with Crippen molar-refractivity contribution in [3.05, 3.63) is 41.8 Å². The lowest BCUT2D eigenvalue weighted by Gasteiger charge is -2.37. The third kappa shape index (κ3) is 8.12. The van der Waals surface area contributed by atoms with Gasteiger partial charge >= 0.3 is 0 Å². The lowest BCUT2D eigenvalue weighted by molar-refractivity contribution is -0.138. The van der Waals surface area contributed by atoms with Crippen LogP contribution in [-0.4, -0.2) is 89.0 Å². The fourth-order valence-corrected chi connectivity index (χ4v) is 6.80. The Balaban J connectivity index is 1.58. The van der Waals surface area contributed by atoms with Gasteiger partial charge in [0.15, 0.2) is 0 Å². The number of rotatable bonds is 13. The SMILES string of the molecule is CCC(=O)N[C@@H](C(=O)N1CCN(C)CC1)[C@@H](C)c1ccc(NC(=O)[C@H]([C@@H](C)C2CCCCC2)N(C=O)c2ccnn2CC)c(F)c1. The molecule has 1 saturated heterocycles. The first kappa shape index (κ1) is 35.1. The summed E-state index contributed by atoms with van der Waals surface area (Å²) in [5.74, 6) is -1.55. The highest BCUT2D eigenvalue weighted by atomic mass is 19.1. The van der Waals surface area contributed by atoms with Gasteiger partial charge in [0.25, 0.3) is 0 Å². The summed E-state index contributed by atoms with van der Waals surface area (Å²) in [4.78, 5) is 57.9. The number of halogens is 1. The zero-order valence-corrected chi connectivity index (χ0v) is 27.9. The van der Waals surface area contributed by atoms with Crippen LogP contribution in [0.15, 0.2) is 30.5 Å². The molecule has 4 atom stereocenters. The van der Waals surface area contributed by atoms with E-state index >= 15 is 4.39 Å². The second-order valence-electron chi connectivity index (χ2n) is 12.8. The third-order valence-electron chi connectivity index (χ3n) is 9.83. The Bertz CT molecular complexity index is 1350. The molecule has 1 aromatic heterocycles. The van der Waals surface area contributed by atoms with Gasteiger partial charge in [-0.2, -0.15) is 5.10 Å². The minimum absolute atomic E-state index is 0.0174. The Morgan fingerprint density at radius 3 is 2.37 bits per heavy atom. The van der Waals surface area contributed by atoms with Crippen LogP contribution in [0.4, 0.5) is 15.9 Å². The molecule has 0 radical (unpaired) electrons. The molecule has 2 aromatic rings. The molecule has 0 unspecified atom stereocenters. The van der Waals surface area contributed by atoms with E-state index in [0.717, 1.165) is 45.2 Å². The molecule has 12 heteroatoms. The molecular weight excluding hydrogens is 589 g/mol. The summed E-state index contributed by atoms with van der Waals surface area (Å²) < 4.78 is 17.4. The van der Waals surface area contributed by atoms with Crippen molar-refractivity contribution in [2.75, 3.05) is 43.4 Å². The van der Waals surface area contributed by atoms with Crippen LogP contribution in [0.1, 0.15) is 77.7 Å². The summed E-state index contributed by atoms with van der Waals surface area (Å²) >= 11 is 0. The van der Waals surface area contributed by atoms with Crippen molar-refractivity contribution in [1.29, 1.82) is 0 Å². The summed E-state index contributed by atoms with van der Waals surface area (Å²) in [5, 5.41) is 9.92. The quantitative estimate of drug-likeness (QED) is 0.320. The molecule has 4 rings (SSSR count). The number of carbonyl (C=O) groups is 4. The predicted octanol–water partition coefficient (Wildman–Crippen LogP) is 4.00. The van der Waals surface area contributed by atoms with Gasteiger partial charge in [-0.3, -0.25) is 24.1 Å². The second-order valence-corrected chi connectivity index (χ2v) is 12.8. The molecule has 2 aliphatic rings. The van der Waals surface area contributed by atoms with E-state index in [-0.39, 0.29) is 35.8 Å². The molecule has 1 aromatic carbocycles. The van der Waals surface area contributed by atoms with Gasteiger partial charge in [-0.05, 0) is 43.5 Å². The fourth-order valence-electron chi connectivity index (χ4n) is 6.80. The van der Waals surface area contributed by atoms with Gasteiger partial charge in [0.2, 0.25) is 24.1 Å². The molecule has 1 saturated carbocycles. The standard InChI is InChI=1S/C34H50FN7O4/c1-6-29(44)38-31(34(46)40-19-17-39(5)18-20-40)23(3)26-13-14-28(27(35)21-26)37-33(45)32(24(4)25-11-9-8-10-12-25)41(22-43)30-15-16-36-42(30)7-2/h13-16,21-25,31-32H,6-12,17-20H2,1-5H3,(H,37,45)(H,38,44)/t23-,24-,31+,32-/m0/s1. The number of anilines is 2. The number of piperazine rings is 1. The summed E-state index contributed by atoms with van der Waals surface area (Å²) in [6, 6.07) is 4.44. The monoisotopic (exact) mass is 639 g/mol. The van der Waals surface area contributed by atoms with Crippen LogP contribution in [0.5, 0.6) is 0 Å². The van der Waals surface area contributed by atoms with E-state index in [0.29, 0.717) is 37.4 Å². The molecule has 4 amide bonds. The number of hydrogen-bond acceptors (Lipinski definition) is 6. The molecule has 11 nitrogen and oxygen atoms in total. The highest BCUT2D eigenvalue weighted by Gasteiger charge is 2.38. The highest BCUT2D eigenvalue weighted by molar-refractivity contribution is 6.00. The summed E-state index contributed by atoms with van der Waals surface area (Å²) in [7, 11) is 2.00. The van der Waals surface area contributed by atoms with Crippen molar-refractivity contribution < 1.29 is 23.6 Å². The fraction of sp³-hybridized carbons (Fsp3) is 0.618. The van der Waals surface area contributed by atoms with Crippen molar-refractivity contribution in [3.63, 3.8) is 0 Å². The summed E-state index contributed by atoms with van der Waals surface area (Å²) in [6.45, 7) is 10.5. The first-order valence-corrected chi connectivity index (χ1v) is 16.7. The number of carbonyl (C=O) groups excluding carboxylic acids is 4. The van der Waals surface area contributed by atoms with Crippen LogP contribution < -0.4 is 15.5 Å². The summed E-state index contributed by atoms with van der Waals surface area (Å²) in [5.41, 5.74) is 0.504. The average molecular weight is 640 g/mol. The Morgan fingerprint density at radius 2 is 1.76 bits per heavy atom. The lowest BCUT2D eigenvalue weighted by atomic mass is 9.77. The molecular formula is C34H50FN7O4. The van der Waals surface area contributed by atoms with Crippen LogP contribution in [0.3, 0.4) is 0 Å². The minimum atomic E-state index is -0.879. The number of nitrogens with zero attached hydrogens (tertiary/aromatic N) is 5. The maximum atomic E-state index is 15.8. The molecule has 1 aliphatic carbocycles. The normalized spacial score (nSPS) is 18.7. The van der Waals surface area contributed by atoms with Gasteiger partial charge in [-0.25, -0.2) is 9.07 Å². The molecule has 1 aliphatic heterocycles. The number of aryl methyl sites for hydroxylation is 1. The predicted molar refractivity (Wildman–Crippen MR) is 176 cm³/mol. The molecule has 0 bridgehead atoms. The van der Waals surface area contributed by atoms with Crippen molar-refractivity contribution in [2.45, 2.75) is 90.8 Å². The average Bonchev–Trinajstić information content (AvgIpc) is 3.55. The molecule has 0 spiro atoms. The second kappa shape index (κ2) is 16.2. The van der Waals surface area contributed by atoms with E-state index in [4.69, 9.17) is 0 Å². The van der Waals surface area contributed by atoms with Gasteiger partial charge in [0, 0.05) is 51.1 Å². The van der Waals surface area contributed by atoms with E-state index in [9.17, 15) is 19.2 Å². The van der Waals surface area contributed by atoms with Gasteiger partial charge in [0.1, 0.15) is 23.7 Å². The van der Waals surface area contributed by atoms with Crippen LogP contribution in [-0.2, 0) is 25.7 Å². The highest BCUT2D eigenvalue weighted by Crippen LogP contribution is 2.35. The third-order valence-corrected chi connectivity index (χ3v) is 9.83. The number of amides is 4. The Morgan fingerprint density at radius 1 is 1.07 bits per heavy atom. The smallest absolute Gasteiger partial charge is 0.247 e. The van der Waals surface area contributed by atoms with Crippen LogP contribution in [0.2, 0.25) is 0 Å². The topological polar surface area (TPSA) is 120 Å². The zero-order chi connectivity index (χ0) is 33.4. The van der Waals surface area contributed by atoms with Crippen LogP contribution >= 0.6 is 0 Å².